The monoisotopic (exact) mass is 156 g/mol. The van der Waals surface area contributed by atoms with Crippen molar-refractivity contribution < 1.29 is 14.2 Å². The molecule has 2 atom stereocenters. The van der Waals surface area contributed by atoms with Crippen molar-refractivity contribution in [3.05, 3.63) is 12.7 Å². The van der Waals surface area contributed by atoms with E-state index < -0.39 is 0 Å². The van der Waals surface area contributed by atoms with Crippen molar-refractivity contribution in [1.29, 1.82) is 0 Å². The summed E-state index contributed by atoms with van der Waals surface area (Å²) in [4.78, 5) is 0. The Kier molecular flexibility index (Phi) is 1.71. The lowest BCUT2D eigenvalue weighted by Crippen LogP contribution is -2.26. The molecule has 11 heavy (non-hydrogen) atoms. The highest BCUT2D eigenvalue weighted by Gasteiger charge is 2.58. The van der Waals surface area contributed by atoms with Crippen LogP contribution in [0.15, 0.2) is 12.7 Å². The Morgan fingerprint density at radius 3 is 2.91 bits per heavy atom. The molecule has 2 fully saturated rings. The van der Waals surface area contributed by atoms with E-state index in [1.54, 1.807) is 6.08 Å². The first-order valence-corrected chi connectivity index (χ1v) is 3.82. The van der Waals surface area contributed by atoms with Crippen molar-refractivity contribution in [3.8, 4) is 0 Å². The summed E-state index contributed by atoms with van der Waals surface area (Å²) in [7, 11) is 0. The number of epoxide rings is 2. The number of hydrogen-bond donors (Lipinski definition) is 0. The largest absolute Gasteiger partial charge is 0.374 e. The molecule has 3 heteroatoms. The first-order valence-electron chi connectivity index (χ1n) is 3.82. The Balaban J connectivity index is 1.71. The highest BCUT2D eigenvalue weighted by Crippen LogP contribution is 2.39. The fourth-order valence-electron chi connectivity index (χ4n) is 1.12. The minimum absolute atomic E-state index is 0.0803. The van der Waals surface area contributed by atoms with E-state index in [1.165, 1.54) is 0 Å². The van der Waals surface area contributed by atoms with Gasteiger partial charge in [0, 0.05) is 0 Å². The SMILES string of the molecule is C=CCOCC1(C2CO2)CO1. The summed E-state index contributed by atoms with van der Waals surface area (Å²) in [5, 5.41) is 0. The zero-order valence-corrected chi connectivity index (χ0v) is 6.41. The zero-order chi connectivity index (χ0) is 7.73. The first-order chi connectivity index (χ1) is 5.37. The molecule has 0 amide bonds. The van der Waals surface area contributed by atoms with E-state index in [2.05, 4.69) is 6.58 Å². The normalized spacial score (nSPS) is 40.2. The van der Waals surface area contributed by atoms with Crippen molar-refractivity contribution in [2.24, 2.45) is 0 Å². The molecule has 0 aliphatic carbocycles. The molecule has 2 aliphatic heterocycles. The van der Waals surface area contributed by atoms with Crippen LogP contribution in [0.4, 0.5) is 0 Å². The second-order valence-corrected chi connectivity index (χ2v) is 2.98. The van der Waals surface area contributed by atoms with Gasteiger partial charge in [-0.25, -0.2) is 0 Å². The average Bonchev–Trinajstić information content (AvgIpc) is 2.84. The van der Waals surface area contributed by atoms with E-state index in [9.17, 15) is 0 Å². The summed E-state index contributed by atoms with van der Waals surface area (Å²) in [5.41, 5.74) is -0.0803. The lowest BCUT2D eigenvalue weighted by Gasteiger charge is -2.06. The molecule has 2 unspecified atom stereocenters. The molecule has 2 aliphatic rings. The number of hydrogen-bond acceptors (Lipinski definition) is 3. The van der Waals surface area contributed by atoms with Crippen LogP contribution in [0.1, 0.15) is 0 Å². The molecule has 0 radical (unpaired) electrons. The summed E-state index contributed by atoms with van der Waals surface area (Å²) in [6.45, 7) is 6.42. The van der Waals surface area contributed by atoms with Gasteiger partial charge in [-0.1, -0.05) is 6.08 Å². The molecule has 0 N–H and O–H groups in total. The maximum atomic E-state index is 5.29. The molecule has 0 bridgehead atoms. The summed E-state index contributed by atoms with van der Waals surface area (Å²) in [6.07, 6.45) is 2.04. The van der Waals surface area contributed by atoms with Crippen molar-refractivity contribution >= 4 is 0 Å². The molecule has 0 aromatic carbocycles. The predicted molar refractivity (Wildman–Crippen MR) is 39.4 cm³/mol. The highest BCUT2D eigenvalue weighted by atomic mass is 16.7. The van der Waals surface area contributed by atoms with Crippen molar-refractivity contribution in [1.82, 2.24) is 0 Å². The van der Waals surface area contributed by atoms with E-state index in [4.69, 9.17) is 14.2 Å². The standard InChI is InChI=1S/C8H12O3/c1-2-3-9-5-8(6-11-8)7-4-10-7/h2,7H,1,3-6H2. The molecule has 0 aromatic rings. The van der Waals surface area contributed by atoms with Gasteiger partial charge in [-0.15, -0.1) is 6.58 Å². The van der Waals surface area contributed by atoms with Crippen LogP contribution < -0.4 is 0 Å². The van der Waals surface area contributed by atoms with E-state index in [-0.39, 0.29) is 5.60 Å². The average molecular weight is 156 g/mol. The second-order valence-electron chi connectivity index (χ2n) is 2.98. The van der Waals surface area contributed by atoms with Crippen molar-refractivity contribution in [2.75, 3.05) is 26.4 Å². The fourth-order valence-corrected chi connectivity index (χ4v) is 1.12. The second kappa shape index (κ2) is 2.59. The Labute approximate surface area is 65.9 Å². The molecule has 62 valence electrons. The topological polar surface area (TPSA) is 34.3 Å². The third kappa shape index (κ3) is 1.45. The summed E-state index contributed by atoms with van der Waals surface area (Å²) >= 11 is 0. The highest BCUT2D eigenvalue weighted by molar-refractivity contribution is 5.04. The Morgan fingerprint density at radius 1 is 1.73 bits per heavy atom. The smallest absolute Gasteiger partial charge is 0.143 e. The van der Waals surface area contributed by atoms with Gasteiger partial charge in [0.1, 0.15) is 11.7 Å². The molecule has 0 saturated carbocycles. The third-order valence-corrected chi connectivity index (χ3v) is 2.02. The van der Waals surface area contributed by atoms with Crippen molar-refractivity contribution in [2.45, 2.75) is 11.7 Å². The van der Waals surface area contributed by atoms with Gasteiger partial charge in [0.25, 0.3) is 0 Å². The van der Waals surface area contributed by atoms with Gasteiger partial charge < -0.3 is 14.2 Å². The number of rotatable bonds is 5. The Bertz CT molecular complexity index is 159. The maximum absolute atomic E-state index is 5.29. The molecule has 2 saturated heterocycles. The van der Waals surface area contributed by atoms with Crippen LogP contribution in [0, 0.1) is 0 Å². The van der Waals surface area contributed by atoms with E-state index in [1.807, 2.05) is 0 Å². The van der Waals surface area contributed by atoms with Gasteiger partial charge in [-0.2, -0.15) is 0 Å². The number of ether oxygens (including phenoxy) is 3. The minimum Gasteiger partial charge on any atom is -0.374 e. The minimum atomic E-state index is -0.0803. The van der Waals surface area contributed by atoms with Crippen LogP contribution in [0.2, 0.25) is 0 Å². The van der Waals surface area contributed by atoms with Crippen LogP contribution in [-0.2, 0) is 14.2 Å². The van der Waals surface area contributed by atoms with Gasteiger partial charge in [0.2, 0.25) is 0 Å². The summed E-state index contributed by atoms with van der Waals surface area (Å²) in [5.74, 6) is 0. The lowest BCUT2D eigenvalue weighted by molar-refractivity contribution is 0.0817. The molecular weight excluding hydrogens is 144 g/mol. The summed E-state index contributed by atoms with van der Waals surface area (Å²) in [6, 6.07) is 0. The van der Waals surface area contributed by atoms with Crippen LogP contribution in [0.3, 0.4) is 0 Å². The first kappa shape index (κ1) is 7.28. The molecule has 0 aromatic heterocycles. The van der Waals surface area contributed by atoms with Crippen LogP contribution >= 0.6 is 0 Å². The van der Waals surface area contributed by atoms with Gasteiger partial charge in [-0.05, 0) is 0 Å². The summed E-state index contributed by atoms with van der Waals surface area (Å²) < 4.78 is 15.7. The molecular formula is C8H12O3. The van der Waals surface area contributed by atoms with Gasteiger partial charge >= 0.3 is 0 Å². The van der Waals surface area contributed by atoms with Gasteiger partial charge in [-0.3, -0.25) is 0 Å². The lowest BCUT2D eigenvalue weighted by atomic mass is 10.1. The maximum Gasteiger partial charge on any atom is 0.143 e. The zero-order valence-electron chi connectivity index (χ0n) is 6.41. The van der Waals surface area contributed by atoms with Crippen LogP contribution in [-0.4, -0.2) is 38.1 Å². The van der Waals surface area contributed by atoms with Crippen LogP contribution in [0.25, 0.3) is 0 Å². The Hall–Kier alpha value is -0.380. The predicted octanol–water partition coefficient (Wildman–Crippen LogP) is 0.357. The van der Waals surface area contributed by atoms with E-state index in [0.717, 1.165) is 13.2 Å². The van der Waals surface area contributed by atoms with Crippen LogP contribution in [0.5, 0.6) is 0 Å². The fraction of sp³-hybridized carbons (Fsp3) is 0.750. The van der Waals surface area contributed by atoms with E-state index >= 15 is 0 Å². The van der Waals surface area contributed by atoms with Gasteiger partial charge in [0.15, 0.2) is 0 Å². The quantitative estimate of drug-likeness (QED) is 0.327. The molecule has 2 rings (SSSR count). The van der Waals surface area contributed by atoms with Gasteiger partial charge in [0.05, 0.1) is 26.4 Å². The van der Waals surface area contributed by atoms with Crippen molar-refractivity contribution in [3.63, 3.8) is 0 Å². The molecule has 0 spiro atoms. The molecule has 2 heterocycles. The molecule has 3 nitrogen and oxygen atoms in total. The third-order valence-electron chi connectivity index (χ3n) is 2.02. The Morgan fingerprint density at radius 2 is 2.45 bits per heavy atom. The van der Waals surface area contributed by atoms with E-state index in [0.29, 0.717) is 19.3 Å².